The molecule has 0 aliphatic heterocycles. The summed E-state index contributed by atoms with van der Waals surface area (Å²) in [5, 5.41) is 7.42. The molecule has 0 fully saturated rings. The van der Waals surface area contributed by atoms with Crippen LogP contribution in [0.4, 0.5) is 5.69 Å². The van der Waals surface area contributed by atoms with Crippen molar-refractivity contribution in [1.82, 2.24) is 19.7 Å². The molecule has 128 valence electrons. The summed E-state index contributed by atoms with van der Waals surface area (Å²) >= 11 is 0. The molecule has 0 saturated carbocycles. The molecule has 6 nitrogen and oxygen atoms in total. The molecule has 0 aliphatic rings. The number of rotatable bonds is 3. The fourth-order valence-electron chi connectivity index (χ4n) is 2.89. The molecule has 2 aromatic carbocycles. The molecule has 0 spiro atoms. The number of benzene rings is 2. The van der Waals surface area contributed by atoms with Crippen LogP contribution in [0.5, 0.6) is 0 Å². The van der Waals surface area contributed by atoms with Crippen LogP contribution in [0.1, 0.15) is 21.9 Å². The Morgan fingerprint density at radius 2 is 1.73 bits per heavy atom. The van der Waals surface area contributed by atoms with Gasteiger partial charge >= 0.3 is 0 Å². The number of hydrogen-bond acceptors (Lipinski definition) is 4. The average Bonchev–Trinajstić information content (AvgIpc) is 2.99. The second-order valence-corrected chi connectivity index (χ2v) is 6.05. The SMILES string of the molecule is Cc1cc(C)n(-c2ccccc2NC(=O)c2cnc3ccccc3n2)n1. The molecule has 2 heterocycles. The number of aromatic nitrogens is 4. The zero-order valence-electron chi connectivity index (χ0n) is 14.5. The highest BCUT2D eigenvalue weighted by molar-refractivity contribution is 6.04. The predicted molar refractivity (Wildman–Crippen MR) is 101 cm³/mol. The molecule has 26 heavy (non-hydrogen) atoms. The first-order valence-electron chi connectivity index (χ1n) is 8.27. The molecule has 4 rings (SSSR count). The lowest BCUT2D eigenvalue weighted by atomic mass is 10.2. The Balaban J connectivity index is 1.68. The molecule has 0 atom stereocenters. The Kier molecular flexibility index (Phi) is 3.93. The maximum atomic E-state index is 12.7. The number of carbonyl (C=O) groups is 1. The highest BCUT2D eigenvalue weighted by atomic mass is 16.1. The van der Waals surface area contributed by atoms with Crippen molar-refractivity contribution in [2.75, 3.05) is 5.32 Å². The number of aryl methyl sites for hydroxylation is 2. The van der Waals surface area contributed by atoms with Gasteiger partial charge in [-0.3, -0.25) is 9.78 Å². The average molecular weight is 343 g/mol. The Morgan fingerprint density at radius 1 is 1.00 bits per heavy atom. The first kappa shape index (κ1) is 16.0. The van der Waals surface area contributed by atoms with Crippen LogP contribution < -0.4 is 5.32 Å². The smallest absolute Gasteiger partial charge is 0.275 e. The minimum Gasteiger partial charge on any atom is -0.319 e. The van der Waals surface area contributed by atoms with Gasteiger partial charge in [0.1, 0.15) is 5.69 Å². The molecule has 2 aromatic heterocycles. The van der Waals surface area contributed by atoms with E-state index in [2.05, 4.69) is 20.4 Å². The summed E-state index contributed by atoms with van der Waals surface area (Å²) in [5.41, 5.74) is 5.10. The molecule has 0 radical (unpaired) electrons. The molecule has 0 bridgehead atoms. The van der Waals surface area contributed by atoms with Crippen molar-refractivity contribution in [3.8, 4) is 5.69 Å². The first-order chi connectivity index (χ1) is 12.6. The minimum absolute atomic E-state index is 0.270. The van der Waals surface area contributed by atoms with Gasteiger partial charge in [0.05, 0.1) is 34.3 Å². The van der Waals surface area contributed by atoms with E-state index >= 15 is 0 Å². The molecule has 0 saturated heterocycles. The quantitative estimate of drug-likeness (QED) is 0.616. The van der Waals surface area contributed by atoms with Crippen molar-refractivity contribution >= 4 is 22.6 Å². The van der Waals surface area contributed by atoms with Gasteiger partial charge in [-0.25, -0.2) is 9.67 Å². The molecule has 4 aromatic rings. The molecule has 1 N–H and O–H groups in total. The van der Waals surface area contributed by atoms with Gasteiger partial charge in [-0.2, -0.15) is 5.10 Å². The van der Waals surface area contributed by atoms with Gasteiger partial charge in [0, 0.05) is 5.69 Å². The number of nitrogens with one attached hydrogen (secondary N) is 1. The zero-order valence-corrected chi connectivity index (χ0v) is 14.5. The summed E-state index contributed by atoms with van der Waals surface area (Å²) in [4.78, 5) is 21.4. The lowest BCUT2D eigenvalue weighted by Crippen LogP contribution is -2.16. The molecular weight excluding hydrogens is 326 g/mol. The van der Waals surface area contributed by atoms with Crippen LogP contribution in [0.2, 0.25) is 0 Å². The monoisotopic (exact) mass is 343 g/mol. The fourth-order valence-corrected chi connectivity index (χ4v) is 2.89. The number of nitrogens with zero attached hydrogens (tertiary/aromatic N) is 4. The van der Waals surface area contributed by atoms with Crippen molar-refractivity contribution in [3.05, 3.63) is 77.9 Å². The third-order valence-corrected chi connectivity index (χ3v) is 4.07. The summed E-state index contributed by atoms with van der Waals surface area (Å²) in [5.74, 6) is -0.308. The lowest BCUT2D eigenvalue weighted by molar-refractivity contribution is 0.102. The predicted octanol–water partition coefficient (Wildman–Crippen LogP) is 3.68. The van der Waals surface area contributed by atoms with Gasteiger partial charge in [-0.15, -0.1) is 0 Å². The van der Waals surface area contributed by atoms with Gasteiger partial charge in [0.15, 0.2) is 0 Å². The van der Waals surface area contributed by atoms with E-state index in [0.29, 0.717) is 11.2 Å². The Labute approximate surface area is 150 Å². The van der Waals surface area contributed by atoms with Crippen LogP contribution in [0.15, 0.2) is 60.8 Å². The maximum absolute atomic E-state index is 12.7. The number of fused-ring (bicyclic) bond motifs is 1. The minimum atomic E-state index is -0.308. The van der Waals surface area contributed by atoms with Gasteiger partial charge in [0.25, 0.3) is 5.91 Å². The van der Waals surface area contributed by atoms with Gasteiger partial charge in [-0.1, -0.05) is 24.3 Å². The van der Waals surface area contributed by atoms with Gasteiger partial charge < -0.3 is 5.32 Å². The van der Waals surface area contributed by atoms with Crippen LogP contribution in [0, 0.1) is 13.8 Å². The number of carbonyl (C=O) groups excluding carboxylic acids is 1. The van der Waals surface area contributed by atoms with E-state index in [9.17, 15) is 4.79 Å². The van der Waals surface area contributed by atoms with Crippen LogP contribution in [-0.4, -0.2) is 25.7 Å². The second-order valence-electron chi connectivity index (χ2n) is 6.05. The fraction of sp³-hybridized carbons (Fsp3) is 0.100. The van der Waals surface area contributed by atoms with Gasteiger partial charge in [-0.05, 0) is 44.2 Å². The number of para-hydroxylation sites is 4. The highest BCUT2D eigenvalue weighted by Gasteiger charge is 2.14. The third-order valence-electron chi connectivity index (χ3n) is 4.07. The van der Waals surface area contributed by atoms with E-state index < -0.39 is 0 Å². The molecule has 1 amide bonds. The van der Waals surface area contributed by atoms with Crippen molar-refractivity contribution in [2.24, 2.45) is 0 Å². The standard InChI is InChI=1S/C20H17N5O/c1-13-11-14(2)25(24-13)19-10-6-5-9-17(19)23-20(26)18-12-21-15-7-3-4-8-16(15)22-18/h3-12H,1-2H3,(H,23,26). The van der Waals surface area contributed by atoms with E-state index in [1.54, 1.807) is 0 Å². The van der Waals surface area contributed by atoms with Crippen LogP contribution in [0.25, 0.3) is 16.7 Å². The van der Waals surface area contributed by atoms with Crippen LogP contribution in [-0.2, 0) is 0 Å². The summed E-state index contributed by atoms with van der Waals surface area (Å²) < 4.78 is 1.82. The number of amides is 1. The van der Waals surface area contributed by atoms with E-state index in [0.717, 1.165) is 22.6 Å². The van der Waals surface area contributed by atoms with Crippen molar-refractivity contribution in [3.63, 3.8) is 0 Å². The number of hydrogen-bond donors (Lipinski definition) is 1. The lowest BCUT2D eigenvalue weighted by Gasteiger charge is -2.12. The molecule has 0 aliphatic carbocycles. The summed E-state index contributed by atoms with van der Waals surface area (Å²) in [6.07, 6.45) is 1.49. The second kappa shape index (κ2) is 6.40. The van der Waals surface area contributed by atoms with E-state index in [1.807, 2.05) is 73.1 Å². The Bertz CT molecular complexity index is 1120. The summed E-state index contributed by atoms with van der Waals surface area (Å²) in [7, 11) is 0. The topological polar surface area (TPSA) is 72.7 Å². The normalized spacial score (nSPS) is 10.8. The first-order valence-corrected chi connectivity index (χ1v) is 8.27. The van der Waals surface area contributed by atoms with Crippen molar-refractivity contribution in [2.45, 2.75) is 13.8 Å². The highest BCUT2D eigenvalue weighted by Crippen LogP contribution is 2.22. The van der Waals surface area contributed by atoms with E-state index in [4.69, 9.17) is 0 Å². The molecule has 6 heteroatoms. The summed E-state index contributed by atoms with van der Waals surface area (Å²) in [6, 6.07) is 17.0. The Morgan fingerprint density at radius 3 is 2.50 bits per heavy atom. The van der Waals surface area contributed by atoms with E-state index in [-0.39, 0.29) is 11.6 Å². The van der Waals surface area contributed by atoms with Crippen molar-refractivity contribution < 1.29 is 4.79 Å². The molecule has 0 unspecified atom stereocenters. The summed E-state index contributed by atoms with van der Waals surface area (Å²) in [6.45, 7) is 3.92. The number of anilines is 1. The largest absolute Gasteiger partial charge is 0.319 e. The third kappa shape index (κ3) is 2.93. The molecular formula is C20H17N5O. The van der Waals surface area contributed by atoms with Crippen LogP contribution >= 0.6 is 0 Å². The maximum Gasteiger partial charge on any atom is 0.275 e. The van der Waals surface area contributed by atoms with Crippen molar-refractivity contribution in [1.29, 1.82) is 0 Å². The van der Waals surface area contributed by atoms with E-state index in [1.165, 1.54) is 6.20 Å². The van der Waals surface area contributed by atoms with Crippen LogP contribution in [0.3, 0.4) is 0 Å². The van der Waals surface area contributed by atoms with Gasteiger partial charge in [0.2, 0.25) is 0 Å². The Hall–Kier alpha value is -3.54. The zero-order chi connectivity index (χ0) is 18.1.